The lowest BCUT2D eigenvalue weighted by Crippen LogP contribution is -2.48. The number of carbonyl (C=O) groups excluding carboxylic acids is 1. The van der Waals surface area contributed by atoms with Crippen LogP contribution in [0.4, 0.5) is 0 Å². The highest BCUT2D eigenvalue weighted by Crippen LogP contribution is 2.21. The molecule has 1 heterocycles. The van der Waals surface area contributed by atoms with Gasteiger partial charge in [-0.3, -0.25) is 4.79 Å². The van der Waals surface area contributed by atoms with Crippen LogP contribution in [0.2, 0.25) is 0 Å². The van der Waals surface area contributed by atoms with Gasteiger partial charge < -0.3 is 14.8 Å². The van der Waals surface area contributed by atoms with E-state index >= 15 is 0 Å². The molecule has 4 heteroatoms. The highest BCUT2D eigenvalue weighted by Gasteiger charge is 2.32. The van der Waals surface area contributed by atoms with Gasteiger partial charge in [-0.2, -0.15) is 0 Å². The van der Waals surface area contributed by atoms with Crippen LogP contribution in [-0.2, 0) is 14.3 Å². The Labute approximate surface area is 97.7 Å². The molecule has 0 radical (unpaired) electrons. The average molecular weight is 229 g/mol. The summed E-state index contributed by atoms with van der Waals surface area (Å²) in [6.07, 6.45) is 1.07. The Balaban J connectivity index is 2.46. The molecular formula is C12H23NO3. The van der Waals surface area contributed by atoms with Gasteiger partial charge in [-0.1, -0.05) is 20.8 Å². The Bertz CT molecular complexity index is 229. The molecule has 1 aliphatic heterocycles. The lowest BCUT2D eigenvalue weighted by atomic mass is 9.86. The monoisotopic (exact) mass is 229 g/mol. The molecule has 0 aromatic carbocycles. The molecule has 1 N–H and O–H groups in total. The number of carbonyl (C=O) groups is 1. The highest BCUT2D eigenvalue weighted by atomic mass is 16.5. The molecule has 1 rings (SSSR count). The second-order valence-corrected chi connectivity index (χ2v) is 5.46. The number of rotatable bonds is 4. The van der Waals surface area contributed by atoms with E-state index in [1.54, 1.807) is 0 Å². The summed E-state index contributed by atoms with van der Waals surface area (Å²) in [6.45, 7) is 8.55. The van der Waals surface area contributed by atoms with Crippen LogP contribution < -0.4 is 5.32 Å². The van der Waals surface area contributed by atoms with Gasteiger partial charge in [0.2, 0.25) is 0 Å². The van der Waals surface area contributed by atoms with Crippen molar-refractivity contribution in [3.63, 3.8) is 0 Å². The molecule has 1 fully saturated rings. The predicted octanol–water partition coefficient (Wildman–Crippen LogP) is 1.20. The largest absolute Gasteiger partial charge is 0.468 e. The van der Waals surface area contributed by atoms with E-state index in [2.05, 4.69) is 5.32 Å². The molecule has 0 unspecified atom stereocenters. The molecule has 0 saturated carbocycles. The summed E-state index contributed by atoms with van der Waals surface area (Å²) in [5.41, 5.74) is -0.132. The van der Waals surface area contributed by atoms with E-state index in [1.165, 1.54) is 7.11 Å². The molecule has 0 aliphatic carbocycles. The Morgan fingerprint density at radius 1 is 1.56 bits per heavy atom. The second kappa shape index (κ2) is 5.64. The van der Waals surface area contributed by atoms with Gasteiger partial charge in [0.15, 0.2) is 0 Å². The minimum Gasteiger partial charge on any atom is -0.468 e. The van der Waals surface area contributed by atoms with Crippen molar-refractivity contribution in [3.05, 3.63) is 0 Å². The van der Waals surface area contributed by atoms with Gasteiger partial charge in [-0.05, 0) is 17.8 Å². The van der Waals surface area contributed by atoms with E-state index in [1.807, 2.05) is 20.8 Å². The molecule has 0 aromatic rings. The first-order chi connectivity index (χ1) is 7.45. The first-order valence-corrected chi connectivity index (χ1v) is 5.84. The van der Waals surface area contributed by atoms with E-state index < -0.39 is 0 Å². The summed E-state index contributed by atoms with van der Waals surface area (Å²) in [6, 6.07) is -0.252. The molecule has 2 atom stereocenters. The van der Waals surface area contributed by atoms with Gasteiger partial charge in [-0.25, -0.2) is 0 Å². The molecule has 16 heavy (non-hydrogen) atoms. The maximum atomic E-state index is 11.6. The maximum absolute atomic E-state index is 11.6. The number of hydrogen-bond donors (Lipinski definition) is 1. The van der Waals surface area contributed by atoms with Gasteiger partial charge in [0.05, 0.1) is 13.7 Å². The fourth-order valence-electron chi connectivity index (χ4n) is 1.89. The molecule has 0 amide bonds. The number of ether oxygens (including phenoxy) is 2. The number of nitrogens with one attached hydrogen (secondary N) is 1. The van der Waals surface area contributed by atoms with Crippen molar-refractivity contribution in [2.75, 3.05) is 26.9 Å². The van der Waals surface area contributed by atoms with Crippen LogP contribution in [0.15, 0.2) is 0 Å². The lowest BCUT2D eigenvalue weighted by Gasteiger charge is -2.30. The topological polar surface area (TPSA) is 47.6 Å². The van der Waals surface area contributed by atoms with Crippen molar-refractivity contribution >= 4 is 5.97 Å². The van der Waals surface area contributed by atoms with E-state index in [4.69, 9.17) is 9.47 Å². The van der Waals surface area contributed by atoms with Crippen molar-refractivity contribution in [2.24, 2.45) is 11.3 Å². The van der Waals surface area contributed by atoms with E-state index in [-0.39, 0.29) is 17.4 Å². The number of methoxy groups -OCH3 is 1. The quantitative estimate of drug-likeness (QED) is 0.736. The van der Waals surface area contributed by atoms with Gasteiger partial charge in [0, 0.05) is 13.2 Å². The molecule has 4 nitrogen and oxygen atoms in total. The third kappa shape index (κ3) is 3.76. The summed E-state index contributed by atoms with van der Waals surface area (Å²) in [7, 11) is 1.43. The van der Waals surface area contributed by atoms with Gasteiger partial charge in [0.25, 0.3) is 0 Å². The van der Waals surface area contributed by atoms with Gasteiger partial charge >= 0.3 is 5.97 Å². The minimum absolute atomic E-state index is 0.132. The first-order valence-electron chi connectivity index (χ1n) is 5.84. The summed E-state index contributed by atoms with van der Waals surface area (Å²) < 4.78 is 10.1. The Morgan fingerprint density at radius 2 is 2.25 bits per heavy atom. The third-order valence-corrected chi connectivity index (χ3v) is 2.94. The molecule has 1 saturated heterocycles. The van der Waals surface area contributed by atoms with Crippen LogP contribution in [-0.4, -0.2) is 38.9 Å². The predicted molar refractivity (Wildman–Crippen MR) is 62.2 cm³/mol. The Kier molecular flexibility index (Phi) is 4.74. The highest BCUT2D eigenvalue weighted by molar-refractivity contribution is 5.76. The van der Waals surface area contributed by atoms with Crippen molar-refractivity contribution in [1.29, 1.82) is 0 Å². The summed E-state index contributed by atoms with van der Waals surface area (Å²) in [5.74, 6) is 0.334. The van der Waals surface area contributed by atoms with Crippen LogP contribution in [0, 0.1) is 11.3 Å². The second-order valence-electron chi connectivity index (χ2n) is 5.46. The van der Waals surface area contributed by atoms with Crippen molar-refractivity contribution < 1.29 is 14.3 Å². The average Bonchev–Trinajstić information content (AvgIpc) is 2.68. The zero-order valence-corrected chi connectivity index (χ0v) is 10.7. The SMILES string of the molecule is COC(=O)[C@H](NC[C@@H]1CCOC1)C(C)(C)C. The lowest BCUT2D eigenvalue weighted by molar-refractivity contribution is -0.146. The molecule has 94 valence electrons. The van der Waals surface area contributed by atoms with Crippen LogP contribution in [0.3, 0.4) is 0 Å². The molecule has 1 aliphatic rings. The van der Waals surface area contributed by atoms with Gasteiger partial charge in [0.1, 0.15) is 6.04 Å². The van der Waals surface area contributed by atoms with Crippen LogP contribution in [0.25, 0.3) is 0 Å². The van der Waals surface area contributed by atoms with Crippen LogP contribution >= 0.6 is 0 Å². The normalized spacial score (nSPS) is 23.1. The van der Waals surface area contributed by atoms with Crippen molar-refractivity contribution in [3.8, 4) is 0 Å². The summed E-state index contributed by atoms with van der Waals surface area (Å²) in [5, 5.41) is 3.30. The van der Waals surface area contributed by atoms with Gasteiger partial charge in [-0.15, -0.1) is 0 Å². The third-order valence-electron chi connectivity index (χ3n) is 2.94. The molecule has 0 bridgehead atoms. The number of hydrogen-bond acceptors (Lipinski definition) is 4. The number of esters is 1. The first kappa shape index (κ1) is 13.5. The van der Waals surface area contributed by atoms with Crippen molar-refractivity contribution in [1.82, 2.24) is 5.32 Å². The fourth-order valence-corrected chi connectivity index (χ4v) is 1.89. The smallest absolute Gasteiger partial charge is 0.323 e. The van der Waals surface area contributed by atoms with Crippen molar-refractivity contribution in [2.45, 2.75) is 33.2 Å². The fraction of sp³-hybridized carbons (Fsp3) is 0.917. The molecule has 0 spiro atoms. The Morgan fingerprint density at radius 3 is 2.69 bits per heavy atom. The minimum atomic E-state index is -0.252. The Hall–Kier alpha value is -0.610. The van der Waals surface area contributed by atoms with E-state index in [9.17, 15) is 4.79 Å². The van der Waals surface area contributed by atoms with Crippen LogP contribution in [0.1, 0.15) is 27.2 Å². The zero-order valence-electron chi connectivity index (χ0n) is 10.7. The molecule has 0 aromatic heterocycles. The zero-order chi connectivity index (χ0) is 12.2. The van der Waals surface area contributed by atoms with E-state index in [0.717, 1.165) is 26.2 Å². The summed E-state index contributed by atoms with van der Waals surface area (Å²) >= 11 is 0. The maximum Gasteiger partial charge on any atom is 0.323 e. The van der Waals surface area contributed by atoms with Crippen LogP contribution in [0.5, 0.6) is 0 Å². The summed E-state index contributed by atoms with van der Waals surface area (Å²) in [4.78, 5) is 11.6. The molecular weight excluding hydrogens is 206 g/mol. The van der Waals surface area contributed by atoms with E-state index in [0.29, 0.717) is 5.92 Å². The standard InChI is InChI=1S/C12H23NO3/c1-12(2,3)10(11(14)15-4)13-7-9-5-6-16-8-9/h9-10,13H,5-8H2,1-4H3/t9-,10-/m0/s1.